The summed E-state index contributed by atoms with van der Waals surface area (Å²) in [5.41, 5.74) is 0. The first-order valence-electron chi connectivity index (χ1n) is 1.55. The van der Waals surface area contributed by atoms with Crippen LogP contribution in [0.3, 0.4) is 0 Å². The van der Waals surface area contributed by atoms with E-state index in [-0.39, 0.29) is 58.2 Å². The summed E-state index contributed by atoms with van der Waals surface area (Å²) in [6.07, 6.45) is -1.23. The molecule has 0 aliphatic rings. The fourth-order valence-corrected chi connectivity index (χ4v) is 0. The molecule has 4 heteroatoms. The van der Waals surface area contributed by atoms with E-state index >= 15 is 0 Å². The maximum atomic E-state index is 9.45. The maximum absolute atomic E-state index is 9.45. The molecule has 1 atom stereocenters. The van der Waals surface area contributed by atoms with E-state index in [4.69, 9.17) is 10.2 Å². The number of carbonyl (C=O) groups is 1. The molecular weight excluding hydrogens is 169 g/mol. The Bertz CT molecular complexity index is 61.2. The monoisotopic (exact) mass is 175 g/mol. The number of hydrogen-bond donors (Lipinski definition) is 2. The van der Waals surface area contributed by atoms with Crippen LogP contribution in [0, 0.1) is 0 Å². The van der Waals surface area contributed by atoms with Crippen molar-refractivity contribution in [2.24, 2.45) is 0 Å². The fraction of sp³-hybridized carbons (Fsp3) is 0.667. The summed E-state index contributed by atoms with van der Waals surface area (Å²) in [7, 11) is 0. The third-order valence-corrected chi connectivity index (χ3v) is 0.357. The number of rotatable bonds is 1. The summed E-state index contributed by atoms with van der Waals surface area (Å²) in [6.45, 7) is 1.20. The van der Waals surface area contributed by atoms with Gasteiger partial charge in [0.1, 0.15) is 6.10 Å². The topological polar surface area (TPSA) is 57.5 Å². The molecule has 0 aromatic carbocycles. The average Bonchev–Trinajstić information content (AvgIpc) is 1.36. The van der Waals surface area contributed by atoms with Crippen molar-refractivity contribution >= 4 is 64.2 Å². The number of aliphatic carboxylic acids is 1. The van der Waals surface area contributed by atoms with Gasteiger partial charge in [0.2, 0.25) is 0 Å². The summed E-state index contributed by atoms with van der Waals surface area (Å²) in [4.78, 5) is 9.45. The molecule has 0 amide bonds. The average molecular weight is 176 g/mol. The number of carboxylic acids is 1. The molecule has 1 radical (unpaired) electrons. The number of hydrogen-bond acceptors (Lipinski definition) is 2. The van der Waals surface area contributed by atoms with E-state index in [1.165, 1.54) is 6.92 Å². The van der Waals surface area contributed by atoms with Crippen LogP contribution in [0.2, 0.25) is 0 Å². The molecule has 2 N–H and O–H groups in total. The second-order valence-corrected chi connectivity index (χ2v) is 1.01. The minimum atomic E-state index is -1.23. The van der Waals surface area contributed by atoms with Crippen molar-refractivity contribution in [2.45, 2.75) is 13.0 Å². The molecule has 1 unspecified atom stereocenters. The van der Waals surface area contributed by atoms with Gasteiger partial charge < -0.3 is 10.2 Å². The fourth-order valence-electron chi connectivity index (χ4n) is 0. The minimum absolute atomic E-state index is 0. The first-order valence-corrected chi connectivity index (χ1v) is 1.55. The Morgan fingerprint density at radius 2 is 1.86 bits per heavy atom. The molecule has 0 aromatic rings. The van der Waals surface area contributed by atoms with Gasteiger partial charge >= 0.3 is 5.97 Å². The molecule has 0 rings (SSSR count). The standard InChI is InChI=1S/C3H6O3.Rb/c1-2(4)3(5)6;/h2,4H,1H3,(H,5,6);. The molecule has 0 saturated heterocycles. The number of aliphatic hydroxyl groups is 1. The number of aliphatic hydroxyl groups excluding tert-OH is 1. The van der Waals surface area contributed by atoms with Gasteiger partial charge in [-0.2, -0.15) is 0 Å². The van der Waals surface area contributed by atoms with Crippen molar-refractivity contribution in [3.63, 3.8) is 0 Å². The Hall–Kier alpha value is 1.24. The number of carboxylic acid groups (broad SMARTS) is 1. The van der Waals surface area contributed by atoms with Crippen molar-refractivity contribution in [3.05, 3.63) is 0 Å². The van der Waals surface area contributed by atoms with Crippen LogP contribution >= 0.6 is 0 Å². The molecule has 0 heterocycles. The molecule has 0 aromatic heterocycles. The molecular formula is C3H6O3Rb. The zero-order chi connectivity index (χ0) is 5.15. The molecule has 0 aliphatic carbocycles. The van der Waals surface area contributed by atoms with Crippen molar-refractivity contribution in [2.75, 3.05) is 0 Å². The first kappa shape index (κ1) is 11.1. The quantitative estimate of drug-likeness (QED) is 0.542. The van der Waals surface area contributed by atoms with E-state index < -0.39 is 12.1 Å². The van der Waals surface area contributed by atoms with Crippen LogP contribution in [-0.2, 0) is 4.79 Å². The van der Waals surface area contributed by atoms with E-state index in [0.717, 1.165) is 0 Å². The van der Waals surface area contributed by atoms with Gasteiger partial charge in [-0.05, 0) is 6.92 Å². The van der Waals surface area contributed by atoms with Crippen LogP contribution in [0.5, 0.6) is 0 Å². The van der Waals surface area contributed by atoms with E-state index in [2.05, 4.69) is 0 Å². The molecule has 0 saturated carbocycles. The summed E-state index contributed by atoms with van der Waals surface area (Å²) in [5.74, 6) is -1.19. The summed E-state index contributed by atoms with van der Waals surface area (Å²) in [6, 6.07) is 0. The smallest absolute Gasteiger partial charge is 0.332 e. The Kier molecular flexibility index (Phi) is 8.51. The summed E-state index contributed by atoms with van der Waals surface area (Å²) >= 11 is 0. The van der Waals surface area contributed by atoms with Crippen molar-refractivity contribution in [3.8, 4) is 0 Å². The summed E-state index contributed by atoms with van der Waals surface area (Å²) in [5, 5.41) is 15.8. The van der Waals surface area contributed by atoms with E-state index in [0.29, 0.717) is 0 Å². The van der Waals surface area contributed by atoms with Crippen LogP contribution in [0.15, 0.2) is 0 Å². The zero-order valence-corrected chi connectivity index (χ0v) is 9.30. The van der Waals surface area contributed by atoms with Gasteiger partial charge in [-0.3, -0.25) is 0 Å². The Labute approximate surface area is 90.5 Å². The first-order chi connectivity index (χ1) is 2.64. The van der Waals surface area contributed by atoms with Crippen LogP contribution < -0.4 is 0 Å². The van der Waals surface area contributed by atoms with Gasteiger partial charge in [0, 0.05) is 58.2 Å². The Morgan fingerprint density at radius 3 is 1.86 bits per heavy atom. The van der Waals surface area contributed by atoms with Gasteiger partial charge in [0.15, 0.2) is 0 Å². The normalized spacial score (nSPS) is 11.7. The second kappa shape index (κ2) is 5.37. The maximum Gasteiger partial charge on any atom is 0.332 e. The SMILES string of the molecule is CC(O)C(=O)O.[Rb]. The minimum Gasteiger partial charge on any atom is -0.479 e. The molecule has 0 spiro atoms. The third-order valence-electron chi connectivity index (χ3n) is 0.357. The second-order valence-electron chi connectivity index (χ2n) is 1.01. The molecule has 3 nitrogen and oxygen atoms in total. The van der Waals surface area contributed by atoms with Gasteiger partial charge in [0.05, 0.1) is 0 Å². The Morgan fingerprint density at radius 1 is 1.71 bits per heavy atom. The van der Waals surface area contributed by atoms with Gasteiger partial charge in [-0.25, -0.2) is 4.79 Å². The Balaban J connectivity index is 0. The van der Waals surface area contributed by atoms with Crippen LogP contribution in [0.4, 0.5) is 0 Å². The van der Waals surface area contributed by atoms with E-state index in [1.807, 2.05) is 0 Å². The molecule has 0 bridgehead atoms. The third kappa shape index (κ3) is 7.24. The van der Waals surface area contributed by atoms with Gasteiger partial charge in [0.25, 0.3) is 0 Å². The largest absolute Gasteiger partial charge is 0.479 e. The van der Waals surface area contributed by atoms with Crippen LogP contribution in [0.25, 0.3) is 0 Å². The zero-order valence-electron chi connectivity index (χ0n) is 4.38. The predicted molar refractivity (Wildman–Crippen MR) is 25.1 cm³/mol. The van der Waals surface area contributed by atoms with Crippen molar-refractivity contribution in [1.29, 1.82) is 0 Å². The van der Waals surface area contributed by atoms with Gasteiger partial charge in [-0.1, -0.05) is 0 Å². The van der Waals surface area contributed by atoms with Crippen molar-refractivity contribution < 1.29 is 15.0 Å². The van der Waals surface area contributed by atoms with Crippen molar-refractivity contribution in [1.82, 2.24) is 0 Å². The molecule has 7 heavy (non-hydrogen) atoms. The predicted octanol–water partition coefficient (Wildman–Crippen LogP) is -0.929. The van der Waals surface area contributed by atoms with Crippen LogP contribution in [-0.4, -0.2) is 80.5 Å². The van der Waals surface area contributed by atoms with Gasteiger partial charge in [-0.15, -0.1) is 0 Å². The molecule has 37 valence electrons. The molecule has 0 aliphatic heterocycles. The van der Waals surface area contributed by atoms with E-state index in [1.54, 1.807) is 0 Å². The summed E-state index contributed by atoms with van der Waals surface area (Å²) < 4.78 is 0. The van der Waals surface area contributed by atoms with E-state index in [9.17, 15) is 4.79 Å². The van der Waals surface area contributed by atoms with Crippen LogP contribution in [0.1, 0.15) is 6.92 Å². The molecule has 0 fully saturated rings.